The molecule has 1 amide bonds. The number of benzene rings is 2. The average Bonchev–Trinajstić information content (AvgIpc) is 2.63. The number of carbonyl (C=O) groups excluding carboxylic acids is 1. The fourth-order valence-electron chi connectivity index (χ4n) is 3.08. The molecule has 0 saturated carbocycles. The molecule has 1 aliphatic rings. The number of hydrogen-bond donors (Lipinski definition) is 1. The molecule has 0 radical (unpaired) electrons. The Morgan fingerprint density at radius 3 is 2.46 bits per heavy atom. The molecule has 4 nitrogen and oxygen atoms in total. The Labute approximate surface area is 144 Å². The summed E-state index contributed by atoms with van der Waals surface area (Å²) in [5.74, 6) is 0.239. The summed E-state index contributed by atoms with van der Waals surface area (Å²) in [5.41, 5.74) is 3.55. The zero-order valence-corrected chi connectivity index (χ0v) is 14.2. The third kappa shape index (κ3) is 4.28. The van der Waals surface area contributed by atoms with Crippen molar-refractivity contribution in [2.24, 2.45) is 0 Å². The first kappa shape index (κ1) is 16.4. The van der Waals surface area contributed by atoms with Crippen molar-refractivity contribution in [3.05, 3.63) is 60.2 Å². The predicted octanol–water partition coefficient (Wildman–Crippen LogP) is 3.15. The van der Waals surface area contributed by atoms with E-state index in [0.717, 1.165) is 31.9 Å². The van der Waals surface area contributed by atoms with Gasteiger partial charge in [0.05, 0.1) is 0 Å². The van der Waals surface area contributed by atoms with E-state index in [1.807, 2.05) is 23.1 Å². The Kier molecular flexibility index (Phi) is 5.36. The zero-order chi connectivity index (χ0) is 16.8. The summed E-state index contributed by atoms with van der Waals surface area (Å²) >= 11 is 0. The van der Waals surface area contributed by atoms with Gasteiger partial charge in [-0.15, -0.1) is 0 Å². The van der Waals surface area contributed by atoms with Crippen LogP contribution >= 0.6 is 0 Å². The molecular formula is C20H25N3O. The highest BCUT2D eigenvalue weighted by atomic mass is 16.2. The van der Waals surface area contributed by atoms with Crippen molar-refractivity contribution < 1.29 is 4.79 Å². The van der Waals surface area contributed by atoms with Gasteiger partial charge in [0.15, 0.2) is 0 Å². The number of anilines is 2. The monoisotopic (exact) mass is 323 g/mol. The standard InChI is InChI=1S/C20H25N3O/c1-17-6-5-7-18(16-17)21-11-10-20(24)23-14-12-22(13-15-23)19-8-3-2-4-9-19/h2-9,16,21H,10-15H2,1H3. The van der Waals surface area contributed by atoms with Crippen molar-refractivity contribution in [2.75, 3.05) is 42.9 Å². The second-order valence-corrected chi connectivity index (χ2v) is 6.25. The van der Waals surface area contributed by atoms with Crippen LogP contribution in [0.5, 0.6) is 0 Å². The largest absolute Gasteiger partial charge is 0.385 e. The lowest BCUT2D eigenvalue weighted by atomic mass is 10.2. The number of nitrogens with one attached hydrogen (secondary N) is 1. The average molecular weight is 323 g/mol. The fourth-order valence-corrected chi connectivity index (χ4v) is 3.08. The minimum atomic E-state index is 0.239. The first-order valence-electron chi connectivity index (χ1n) is 8.61. The van der Waals surface area contributed by atoms with Crippen molar-refractivity contribution >= 4 is 17.3 Å². The van der Waals surface area contributed by atoms with E-state index in [2.05, 4.69) is 53.5 Å². The van der Waals surface area contributed by atoms with Crippen molar-refractivity contribution in [1.29, 1.82) is 0 Å². The van der Waals surface area contributed by atoms with Crippen LogP contribution in [0.1, 0.15) is 12.0 Å². The number of rotatable bonds is 5. The van der Waals surface area contributed by atoms with Crippen LogP contribution in [0.15, 0.2) is 54.6 Å². The highest BCUT2D eigenvalue weighted by Gasteiger charge is 2.20. The second kappa shape index (κ2) is 7.86. The maximum absolute atomic E-state index is 12.4. The number of nitrogens with zero attached hydrogens (tertiary/aromatic N) is 2. The SMILES string of the molecule is Cc1cccc(NCCC(=O)N2CCN(c3ccccc3)CC2)c1. The smallest absolute Gasteiger partial charge is 0.224 e. The normalized spacial score (nSPS) is 14.5. The van der Waals surface area contributed by atoms with Gasteiger partial charge in [-0.1, -0.05) is 30.3 Å². The van der Waals surface area contributed by atoms with Gasteiger partial charge in [0.2, 0.25) is 5.91 Å². The molecule has 1 N–H and O–H groups in total. The van der Waals surface area contributed by atoms with E-state index in [0.29, 0.717) is 13.0 Å². The molecule has 0 aliphatic carbocycles. The first-order chi connectivity index (χ1) is 11.7. The highest BCUT2D eigenvalue weighted by Crippen LogP contribution is 2.16. The van der Waals surface area contributed by atoms with E-state index in [1.54, 1.807) is 0 Å². The van der Waals surface area contributed by atoms with Crippen molar-refractivity contribution in [1.82, 2.24) is 4.90 Å². The van der Waals surface area contributed by atoms with Crippen LogP contribution < -0.4 is 10.2 Å². The van der Waals surface area contributed by atoms with Gasteiger partial charge in [-0.25, -0.2) is 0 Å². The van der Waals surface area contributed by atoms with Crippen LogP contribution in [-0.2, 0) is 4.79 Å². The van der Waals surface area contributed by atoms with Gasteiger partial charge in [-0.05, 0) is 36.8 Å². The summed E-state index contributed by atoms with van der Waals surface area (Å²) in [7, 11) is 0. The van der Waals surface area contributed by atoms with Gasteiger partial charge in [0.25, 0.3) is 0 Å². The molecule has 0 unspecified atom stereocenters. The molecule has 126 valence electrons. The van der Waals surface area contributed by atoms with Gasteiger partial charge < -0.3 is 15.1 Å². The van der Waals surface area contributed by atoms with Crippen molar-refractivity contribution in [2.45, 2.75) is 13.3 Å². The Morgan fingerprint density at radius 1 is 1.00 bits per heavy atom. The summed E-state index contributed by atoms with van der Waals surface area (Å²) in [6.45, 7) is 6.17. The third-order valence-electron chi connectivity index (χ3n) is 4.44. The lowest BCUT2D eigenvalue weighted by molar-refractivity contribution is -0.131. The van der Waals surface area contributed by atoms with Crippen molar-refractivity contribution in [3.8, 4) is 0 Å². The number of aryl methyl sites for hydroxylation is 1. The molecule has 1 saturated heterocycles. The van der Waals surface area contributed by atoms with Crippen LogP contribution in [0.2, 0.25) is 0 Å². The molecule has 1 fully saturated rings. The maximum atomic E-state index is 12.4. The molecule has 0 aromatic heterocycles. The molecule has 4 heteroatoms. The van der Waals surface area contributed by atoms with E-state index < -0.39 is 0 Å². The van der Waals surface area contributed by atoms with Crippen molar-refractivity contribution in [3.63, 3.8) is 0 Å². The minimum Gasteiger partial charge on any atom is -0.385 e. The molecule has 2 aromatic carbocycles. The number of hydrogen-bond acceptors (Lipinski definition) is 3. The molecule has 1 heterocycles. The summed E-state index contributed by atoms with van der Waals surface area (Å²) in [4.78, 5) is 16.7. The maximum Gasteiger partial charge on any atom is 0.224 e. The van der Waals surface area contributed by atoms with E-state index >= 15 is 0 Å². The molecule has 0 atom stereocenters. The van der Waals surface area contributed by atoms with E-state index in [-0.39, 0.29) is 5.91 Å². The van der Waals surface area contributed by atoms with Gasteiger partial charge in [0.1, 0.15) is 0 Å². The summed E-state index contributed by atoms with van der Waals surface area (Å²) in [6.07, 6.45) is 0.541. The van der Waals surface area contributed by atoms with Gasteiger partial charge in [0, 0.05) is 50.5 Å². The van der Waals surface area contributed by atoms with Gasteiger partial charge in [-0.2, -0.15) is 0 Å². The van der Waals surface area contributed by atoms with Crippen LogP contribution in [0.25, 0.3) is 0 Å². The van der Waals surface area contributed by atoms with Crippen LogP contribution in [0, 0.1) is 6.92 Å². The quantitative estimate of drug-likeness (QED) is 0.918. The molecule has 3 rings (SSSR count). The molecule has 1 aliphatic heterocycles. The molecule has 2 aromatic rings. The highest BCUT2D eigenvalue weighted by molar-refractivity contribution is 5.77. The van der Waals surface area contributed by atoms with Crippen LogP contribution in [0.3, 0.4) is 0 Å². The zero-order valence-electron chi connectivity index (χ0n) is 14.2. The lowest BCUT2D eigenvalue weighted by Crippen LogP contribution is -2.49. The van der Waals surface area contributed by atoms with Gasteiger partial charge >= 0.3 is 0 Å². The molecular weight excluding hydrogens is 298 g/mol. The minimum absolute atomic E-state index is 0.239. The van der Waals surface area contributed by atoms with E-state index in [1.165, 1.54) is 11.3 Å². The van der Waals surface area contributed by atoms with Crippen LogP contribution in [-0.4, -0.2) is 43.5 Å². The number of carbonyl (C=O) groups is 1. The Bertz CT molecular complexity index is 664. The number of amides is 1. The molecule has 24 heavy (non-hydrogen) atoms. The van der Waals surface area contributed by atoms with E-state index in [4.69, 9.17) is 0 Å². The second-order valence-electron chi connectivity index (χ2n) is 6.25. The lowest BCUT2D eigenvalue weighted by Gasteiger charge is -2.36. The summed E-state index contributed by atoms with van der Waals surface area (Å²) < 4.78 is 0. The van der Waals surface area contributed by atoms with Crippen LogP contribution in [0.4, 0.5) is 11.4 Å². The Balaban J connectivity index is 1.42. The number of para-hydroxylation sites is 1. The number of piperazine rings is 1. The Hall–Kier alpha value is -2.49. The van der Waals surface area contributed by atoms with E-state index in [9.17, 15) is 4.79 Å². The first-order valence-corrected chi connectivity index (χ1v) is 8.61. The topological polar surface area (TPSA) is 35.6 Å². The summed E-state index contributed by atoms with van der Waals surface area (Å²) in [6, 6.07) is 18.6. The van der Waals surface area contributed by atoms with Gasteiger partial charge in [-0.3, -0.25) is 4.79 Å². The predicted molar refractivity (Wildman–Crippen MR) is 99.5 cm³/mol. The molecule has 0 bridgehead atoms. The summed E-state index contributed by atoms with van der Waals surface area (Å²) in [5, 5.41) is 3.33. The third-order valence-corrected chi connectivity index (χ3v) is 4.44. The Morgan fingerprint density at radius 2 is 1.75 bits per heavy atom. The fraction of sp³-hybridized carbons (Fsp3) is 0.350. The molecule has 0 spiro atoms.